The van der Waals surface area contributed by atoms with Gasteiger partial charge in [0.15, 0.2) is 0 Å². The molecule has 0 unspecified atom stereocenters. The summed E-state index contributed by atoms with van der Waals surface area (Å²) in [6, 6.07) is 11.5. The summed E-state index contributed by atoms with van der Waals surface area (Å²) in [6.07, 6.45) is 3.48. The molecule has 4 rings (SSSR count). The summed E-state index contributed by atoms with van der Waals surface area (Å²) in [5.41, 5.74) is 0.905. The predicted octanol–water partition coefficient (Wildman–Crippen LogP) is 1.98. The Kier molecular flexibility index (Phi) is 5.86. The molecule has 2 aromatic rings. The summed E-state index contributed by atoms with van der Waals surface area (Å²) in [4.78, 5) is 8.97. The molecule has 1 atom stereocenters. The van der Waals surface area contributed by atoms with Crippen LogP contribution < -0.4 is 5.32 Å². The van der Waals surface area contributed by atoms with Crippen molar-refractivity contribution in [2.75, 3.05) is 44.7 Å². The molecule has 1 N–H and O–H groups in total. The third kappa shape index (κ3) is 4.33. The fourth-order valence-corrected chi connectivity index (χ4v) is 5.32. The van der Waals surface area contributed by atoms with E-state index in [0.29, 0.717) is 45.2 Å². The molecular formula is C19H25N5O3S. The van der Waals surface area contributed by atoms with Crippen LogP contribution in [-0.4, -0.2) is 66.4 Å². The van der Waals surface area contributed by atoms with Crippen molar-refractivity contribution in [1.29, 1.82) is 0 Å². The fourth-order valence-electron chi connectivity index (χ4n) is 3.65. The first-order chi connectivity index (χ1) is 13.6. The fraction of sp³-hybridized carbons (Fsp3) is 0.474. The van der Waals surface area contributed by atoms with Crippen LogP contribution in [0.5, 0.6) is 0 Å². The maximum Gasteiger partial charge on any atom is 0.282 e. The van der Waals surface area contributed by atoms with Crippen molar-refractivity contribution in [2.24, 2.45) is 0 Å². The molecular weight excluding hydrogens is 378 g/mol. The smallest absolute Gasteiger partial charge is 0.282 e. The van der Waals surface area contributed by atoms with Gasteiger partial charge < -0.3 is 10.1 Å². The van der Waals surface area contributed by atoms with E-state index >= 15 is 0 Å². The third-order valence-corrected chi connectivity index (χ3v) is 7.12. The van der Waals surface area contributed by atoms with Crippen LogP contribution in [0.15, 0.2) is 42.6 Å². The number of nitrogens with zero attached hydrogens (tertiary/aromatic N) is 4. The van der Waals surface area contributed by atoms with Gasteiger partial charge in [-0.2, -0.15) is 17.0 Å². The van der Waals surface area contributed by atoms with E-state index in [4.69, 9.17) is 9.72 Å². The number of anilines is 2. The second-order valence-corrected chi connectivity index (χ2v) is 8.93. The number of ether oxygens (including phenoxy) is 1. The Hall–Kier alpha value is -2.07. The number of nitrogens with one attached hydrogen (secondary N) is 1. The van der Waals surface area contributed by atoms with Crippen LogP contribution in [-0.2, 0) is 14.9 Å². The molecule has 2 aliphatic heterocycles. The minimum Gasteiger partial charge on any atom is -0.379 e. The van der Waals surface area contributed by atoms with Gasteiger partial charge in [0.2, 0.25) is 0 Å². The zero-order valence-electron chi connectivity index (χ0n) is 15.7. The monoisotopic (exact) mass is 403 g/mol. The summed E-state index contributed by atoms with van der Waals surface area (Å²) < 4.78 is 34.4. The van der Waals surface area contributed by atoms with E-state index in [1.54, 1.807) is 10.5 Å². The molecule has 28 heavy (non-hydrogen) atoms. The molecule has 2 aromatic heterocycles. The quantitative estimate of drug-likeness (QED) is 0.821. The Bertz CT molecular complexity index is 887. The molecule has 2 fully saturated rings. The number of pyridine rings is 2. The summed E-state index contributed by atoms with van der Waals surface area (Å²) in [6.45, 7) is 2.77. The molecule has 9 heteroatoms. The van der Waals surface area contributed by atoms with Gasteiger partial charge >= 0.3 is 0 Å². The van der Waals surface area contributed by atoms with Crippen molar-refractivity contribution in [3.05, 3.63) is 48.3 Å². The molecule has 0 amide bonds. The Morgan fingerprint density at radius 2 is 1.82 bits per heavy atom. The summed E-state index contributed by atoms with van der Waals surface area (Å²) in [5, 5.41) is 3.20. The van der Waals surface area contributed by atoms with E-state index in [2.05, 4.69) is 10.3 Å². The van der Waals surface area contributed by atoms with Crippen molar-refractivity contribution < 1.29 is 13.2 Å². The molecule has 0 saturated carbocycles. The van der Waals surface area contributed by atoms with Crippen LogP contribution in [0.2, 0.25) is 0 Å². The minimum atomic E-state index is -3.45. The van der Waals surface area contributed by atoms with Crippen molar-refractivity contribution in [3.8, 4) is 0 Å². The SMILES string of the molecule is O=S(=O)(N1CCOCC1)N1CCC[C@H](c2cccc(Nc3ccccn3)n2)C1. The average Bonchev–Trinajstić information content (AvgIpc) is 2.75. The number of hydrogen-bond acceptors (Lipinski definition) is 6. The summed E-state index contributed by atoms with van der Waals surface area (Å²) >= 11 is 0. The highest BCUT2D eigenvalue weighted by atomic mass is 32.2. The maximum atomic E-state index is 13.0. The highest BCUT2D eigenvalue weighted by molar-refractivity contribution is 7.86. The molecule has 0 bridgehead atoms. The lowest BCUT2D eigenvalue weighted by Gasteiger charge is -2.36. The molecule has 0 spiro atoms. The average molecular weight is 404 g/mol. The first-order valence-electron chi connectivity index (χ1n) is 9.61. The minimum absolute atomic E-state index is 0.0787. The molecule has 2 saturated heterocycles. The van der Waals surface area contributed by atoms with E-state index in [-0.39, 0.29) is 5.92 Å². The lowest BCUT2D eigenvalue weighted by molar-refractivity contribution is 0.0695. The van der Waals surface area contributed by atoms with Crippen LogP contribution in [0.4, 0.5) is 11.6 Å². The molecule has 2 aliphatic rings. The molecule has 0 aromatic carbocycles. The number of hydrogen-bond donors (Lipinski definition) is 1. The van der Waals surface area contributed by atoms with Gasteiger partial charge in [-0.25, -0.2) is 9.97 Å². The number of rotatable bonds is 5. The highest BCUT2D eigenvalue weighted by Crippen LogP contribution is 2.29. The van der Waals surface area contributed by atoms with E-state index in [1.807, 2.05) is 36.4 Å². The molecule has 0 radical (unpaired) electrons. The first kappa shape index (κ1) is 19.3. The van der Waals surface area contributed by atoms with Gasteiger partial charge in [0.25, 0.3) is 10.2 Å². The van der Waals surface area contributed by atoms with Crippen molar-refractivity contribution in [2.45, 2.75) is 18.8 Å². The zero-order chi connectivity index (χ0) is 19.4. The first-order valence-corrected chi connectivity index (χ1v) is 11.0. The highest BCUT2D eigenvalue weighted by Gasteiger charge is 2.35. The molecule has 8 nitrogen and oxygen atoms in total. The van der Waals surface area contributed by atoms with Crippen molar-refractivity contribution in [3.63, 3.8) is 0 Å². The van der Waals surface area contributed by atoms with Crippen LogP contribution in [0.1, 0.15) is 24.5 Å². The lowest BCUT2D eigenvalue weighted by atomic mass is 9.95. The van der Waals surface area contributed by atoms with Crippen molar-refractivity contribution >= 4 is 21.8 Å². The molecule has 150 valence electrons. The van der Waals surface area contributed by atoms with Gasteiger partial charge in [-0.15, -0.1) is 0 Å². The van der Waals surface area contributed by atoms with Gasteiger partial charge in [0.05, 0.1) is 13.2 Å². The van der Waals surface area contributed by atoms with E-state index < -0.39 is 10.2 Å². The molecule has 0 aliphatic carbocycles. The van der Waals surface area contributed by atoms with Gasteiger partial charge in [-0.3, -0.25) is 0 Å². The van der Waals surface area contributed by atoms with E-state index in [9.17, 15) is 8.42 Å². The van der Waals surface area contributed by atoms with Crippen LogP contribution in [0.25, 0.3) is 0 Å². The number of piperidine rings is 1. The lowest BCUT2D eigenvalue weighted by Crippen LogP contribution is -2.51. The predicted molar refractivity (Wildman–Crippen MR) is 107 cm³/mol. The van der Waals surface area contributed by atoms with E-state index in [1.165, 1.54) is 4.31 Å². The van der Waals surface area contributed by atoms with Gasteiger partial charge in [-0.1, -0.05) is 12.1 Å². The van der Waals surface area contributed by atoms with Gasteiger partial charge in [0, 0.05) is 44.0 Å². The Balaban J connectivity index is 1.48. The van der Waals surface area contributed by atoms with Gasteiger partial charge in [0.1, 0.15) is 11.6 Å². The number of morpholine rings is 1. The van der Waals surface area contributed by atoms with Gasteiger partial charge in [-0.05, 0) is 37.1 Å². The van der Waals surface area contributed by atoms with Crippen LogP contribution in [0.3, 0.4) is 0 Å². The molecule has 4 heterocycles. The van der Waals surface area contributed by atoms with Crippen LogP contribution >= 0.6 is 0 Å². The second kappa shape index (κ2) is 8.52. The standard InChI is InChI=1S/C19H25N5O3S/c25-28(26,23-11-13-27-14-12-23)24-10-4-5-16(15-24)17-6-3-8-19(21-17)22-18-7-1-2-9-20-18/h1-3,6-9,16H,4-5,10-15H2,(H,20,21,22)/t16-/m0/s1. The Morgan fingerprint density at radius 1 is 1.00 bits per heavy atom. The third-order valence-electron chi connectivity index (χ3n) is 5.12. The van der Waals surface area contributed by atoms with Crippen LogP contribution in [0, 0.1) is 0 Å². The van der Waals surface area contributed by atoms with E-state index in [0.717, 1.165) is 24.4 Å². The van der Waals surface area contributed by atoms with Crippen molar-refractivity contribution in [1.82, 2.24) is 18.6 Å². The number of aromatic nitrogens is 2. The normalized spacial score (nSPS) is 22.1. The topological polar surface area (TPSA) is 87.7 Å². The Morgan fingerprint density at radius 3 is 2.61 bits per heavy atom. The summed E-state index contributed by atoms with van der Waals surface area (Å²) in [5.74, 6) is 1.52. The summed E-state index contributed by atoms with van der Waals surface area (Å²) in [7, 11) is -3.45. The Labute approximate surface area is 165 Å². The second-order valence-electron chi connectivity index (χ2n) is 7.00. The maximum absolute atomic E-state index is 13.0. The largest absolute Gasteiger partial charge is 0.379 e. The zero-order valence-corrected chi connectivity index (χ0v) is 16.5.